The molecule has 0 N–H and O–H groups in total. The SMILES string of the molecule is CCCCCC1CCC(c2ccc(-c3ccc(OCC)c(F)c3)c(F)c2F)CO1. The van der Waals surface area contributed by atoms with Crippen molar-refractivity contribution < 1.29 is 22.6 Å². The maximum absolute atomic E-state index is 14.8. The Hall–Kier alpha value is -2.01. The molecule has 5 heteroatoms. The maximum Gasteiger partial charge on any atom is 0.166 e. The second-order valence-electron chi connectivity index (χ2n) is 7.63. The molecule has 2 atom stereocenters. The fourth-order valence-electron chi connectivity index (χ4n) is 3.94. The Balaban J connectivity index is 1.73. The van der Waals surface area contributed by atoms with Gasteiger partial charge in [0, 0.05) is 11.5 Å². The van der Waals surface area contributed by atoms with Crippen molar-refractivity contribution in [3.63, 3.8) is 0 Å². The predicted molar refractivity (Wildman–Crippen MR) is 109 cm³/mol. The minimum Gasteiger partial charge on any atom is -0.491 e. The van der Waals surface area contributed by atoms with Crippen LogP contribution in [-0.4, -0.2) is 19.3 Å². The monoisotopic (exact) mass is 406 g/mol. The van der Waals surface area contributed by atoms with Gasteiger partial charge in [-0.05, 0) is 49.4 Å². The molecular weight excluding hydrogens is 377 g/mol. The quantitative estimate of drug-likeness (QED) is 0.439. The summed E-state index contributed by atoms with van der Waals surface area (Å²) in [5.74, 6) is -2.46. The predicted octanol–water partition coefficient (Wildman–Crippen LogP) is 7.01. The molecule has 0 aromatic heterocycles. The molecular formula is C24H29F3O2. The Morgan fingerprint density at radius 2 is 1.83 bits per heavy atom. The molecule has 29 heavy (non-hydrogen) atoms. The highest BCUT2D eigenvalue weighted by atomic mass is 19.2. The third-order valence-electron chi connectivity index (χ3n) is 5.59. The van der Waals surface area contributed by atoms with Crippen LogP contribution >= 0.6 is 0 Å². The molecule has 1 aliphatic rings. The van der Waals surface area contributed by atoms with Gasteiger partial charge in [0.15, 0.2) is 23.2 Å². The summed E-state index contributed by atoms with van der Waals surface area (Å²) in [6, 6.07) is 7.28. The lowest BCUT2D eigenvalue weighted by Gasteiger charge is -2.29. The Bertz CT molecular complexity index is 814. The van der Waals surface area contributed by atoms with E-state index >= 15 is 0 Å². The van der Waals surface area contributed by atoms with Crippen LogP contribution in [0.25, 0.3) is 11.1 Å². The number of hydrogen-bond acceptors (Lipinski definition) is 2. The van der Waals surface area contributed by atoms with Gasteiger partial charge in [-0.15, -0.1) is 0 Å². The lowest BCUT2D eigenvalue weighted by molar-refractivity contribution is -0.00277. The molecule has 2 aromatic carbocycles. The smallest absolute Gasteiger partial charge is 0.166 e. The number of rotatable bonds is 8. The van der Waals surface area contributed by atoms with Gasteiger partial charge in [-0.3, -0.25) is 0 Å². The van der Waals surface area contributed by atoms with Crippen molar-refractivity contribution in [3.05, 3.63) is 53.3 Å². The summed E-state index contributed by atoms with van der Waals surface area (Å²) in [5.41, 5.74) is 0.664. The number of benzene rings is 2. The summed E-state index contributed by atoms with van der Waals surface area (Å²) in [6.45, 7) is 4.66. The first-order valence-electron chi connectivity index (χ1n) is 10.6. The highest BCUT2D eigenvalue weighted by molar-refractivity contribution is 5.66. The molecule has 0 bridgehead atoms. The standard InChI is InChI=1S/C24H29F3O2/c1-3-5-6-7-18-10-8-17(15-29-18)20-12-11-19(23(26)24(20)27)16-9-13-22(28-4-2)21(25)14-16/h9,11-14,17-18H,3-8,10,15H2,1-2H3. The molecule has 2 aromatic rings. The van der Waals surface area contributed by atoms with Gasteiger partial charge in [-0.1, -0.05) is 44.4 Å². The second kappa shape index (κ2) is 10.1. The van der Waals surface area contributed by atoms with E-state index in [4.69, 9.17) is 9.47 Å². The number of unbranched alkanes of at least 4 members (excludes halogenated alkanes) is 2. The van der Waals surface area contributed by atoms with E-state index in [0.717, 1.165) is 25.7 Å². The highest BCUT2D eigenvalue weighted by Crippen LogP contribution is 2.35. The molecule has 2 nitrogen and oxygen atoms in total. The first kappa shape index (κ1) is 21.7. The van der Waals surface area contributed by atoms with E-state index in [1.807, 2.05) is 0 Å². The van der Waals surface area contributed by atoms with Gasteiger partial charge in [-0.2, -0.15) is 0 Å². The summed E-state index contributed by atoms with van der Waals surface area (Å²) >= 11 is 0. The van der Waals surface area contributed by atoms with Crippen LogP contribution in [0.3, 0.4) is 0 Å². The topological polar surface area (TPSA) is 18.5 Å². The number of ether oxygens (including phenoxy) is 2. The van der Waals surface area contributed by atoms with Gasteiger partial charge in [-0.25, -0.2) is 13.2 Å². The van der Waals surface area contributed by atoms with E-state index < -0.39 is 17.5 Å². The van der Waals surface area contributed by atoms with Gasteiger partial charge in [0.05, 0.1) is 19.3 Å². The van der Waals surface area contributed by atoms with Crippen molar-refractivity contribution in [1.82, 2.24) is 0 Å². The van der Waals surface area contributed by atoms with Gasteiger partial charge in [0.2, 0.25) is 0 Å². The van der Waals surface area contributed by atoms with Crippen LogP contribution in [0.1, 0.15) is 63.9 Å². The zero-order valence-corrected chi connectivity index (χ0v) is 17.1. The van der Waals surface area contributed by atoms with Crippen molar-refractivity contribution in [3.8, 4) is 16.9 Å². The maximum atomic E-state index is 14.8. The van der Waals surface area contributed by atoms with E-state index in [-0.39, 0.29) is 28.9 Å². The molecule has 158 valence electrons. The highest BCUT2D eigenvalue weighted by Gasteiger charge is 2.27. The van der Waals surface area contributed by atoms with Gasteiger partial charge in [0.25, 0.3) is 0 Å². The fourth-order valence-corrected chi connectivity index (χ4v) is 3.94. The van der Waals surface area contributed by atoms with Crippen LogP contribution in [-0.2, 0) is 4.74 Å². The van der Waals surface area contributed by atoms with Gasteiger partial charge < -0.3 is 9.47 Å². The molecule has 3 rings (SSSR count). The molecule has 1 aliphatic heterocycles. The average molecular weight is 406 g/mol. The molecule has 0 saturated carbocycles. The van der Waals surface area contributed by atoms with Crippen LogP contribution in [0.15, 0.2) is 30.3 Å². The van der Waals surface area contributed by atoms with E-state index in [1.165, 1.54) is 37.1 Å². The Labute approximate surface area is 171 Å². The summed E-state index contributed by atoms with van der Waals surface area (Å²) in [4.78, 5) is 0. The minimum absolute atomic E-state index is 0.0439. The molecule has 1 heterocycles. The third-order valence-corrected chi connectivity index (χ3v) is 5.59. The van der Waals surface area contributed by atoms with Crippen molar-refractivity contribution in [2.24, 2.45) is 0 Å². The average Bonchev–Trinajstić information content (AvgIpc) is 2.73. The summed E-state index contributed by atoms with van der Waals surface area (Å²) in [6.07, 6.45) is 6.39. The lowest BCUT2D eigenvalue weighted by Crippen LogP contribution is -2.25. The van der Waals surface area contributed by atoms with E-state index in [2.05, 4.69) is 6.92 Å². The molecule has 0 amide bonds. The summed E-state index contributed by atoms with van der Waals surface area (Å²) in [7, 11) is 0. The molecule has 0 spiro atoms. The van der Waals surface area contributed by atoms with Crippen molar-refractivity contribution in [1.29, 1.82) is 0 Å². The summed E-state index contributed by atoms with van der Waals surface area (Å²) < 4.78 is 54.8. The van der Waals surface area contributed by atoms with Crippen LogP contribution in [0.4, 0.5) is 13.2 Å². The largest absolute Gasteiger partial charge is 0.491 e. The van der Waals surface area contributed by atoms with Crippen molar-refractivity contribution in [2.45, 2.75) is 64.4 Å². The minimum atomic E-state index is -0.948. The van der Waals surface area contributed by atoms with Gasteiger partial charge in [0.1, 0.15) is 0 Å². The van der Waals surface area contributed by atoms with Crippen LogP contribution in [0, 0.1) is 17.5 Å². The Morgan fingerprint density at radius 3 is 2.48 bits per heavy atom. The van der Waals surface area contributed by atoms with Crippen LogP contribution in [0.2, 0.25) is 0 Å². The zero-order chi connectivity index (χ0) is 20.8. The molecule has 2 unspecified atom stereocenters. The van der Waals surface area contributed by atoms with Crippen LogP contribution < -0.4 is 4.74 Å². The second-order valence-corrected chi connectivity index (χ2v) is 7.63. The Kier molecular flexibility index (Phi) is 7.59. The summed E-state index contributed by atoms with van der Waals surface area (Å²) in [5, 5.41) is 0. The van der Waals surface area contributed by atoms with E-state index in [0.29, 0.717) is 18.8 Å². The molecule has 1 fully saturated rings. The lowest BCUT2D eigenvalue weighted by atomic mass is 9.88. The first-order valence-corrected chi connectivity index (χ1v) is 10.6. The van der Waals surface area contributed by atoms with Crippen molar-refractivity contribution >= 4 is 0 Å². The van der Waals surface area contributed by atoms with E-state index in [9.17, 15) is 13.2 Å². The first-order chi connectivity index (χ1) is 14.0. The Morgan fingerprint density at radius 1 is 1.00 bits per heavy atom. The zero-order valence-electron chi connectivity index (χ0n) is 17.1. The molecule has 0 aliphatic carbocycles. The van der Waals surface area contributed by atoms with Crippen molar-refractivity contribution in [2.75, 3.05) is 13.2 Å². The van der Waals surface area contributed by atoms with Crippen LogP contribution in [0.5, 0.6) is 5.75 Å². The normalized spacial score (nSPS) is 19.3. The third kappa shape index (κ3) is 5.13. The van der Waals surface area contributed by atoms with E-state index in [1.54, 1.807) is 13.0 Å². The number of halogens is 3. The number of hydrogen-bond donors (Lipinski definition) is 0. The molecule has 0 radical (unpaired) electrons. The fraction of sp³-hybridized carbons (Fsp3) is 0.500. The van der Waals surface area contributed by atoms with Gasteiger partial charge >= 0.3 is 0 Å². The molecule has 1 saturated heterocycles.